The van der Waals surface area contributed by atoms with Gasteiger partial charge in [-0.1, -0.05) is 13.3 Å². The average molecular weight is 269 g/mol. The van der Waals surface area contributed by atoms with E-state index in [1.165, 1.54) is 0 Å². The van der Waals surface area contributed by atoms with Crippen LogP contribution in [0.4, 0.5) is 0 Å². The van der Waals surface area contributed by atoms with Crippen molar-refractivity contribution in [2.45, 2.75) is 52.1 Å². The van der Waals surface area contributed by atoms with Gasteiger partial charge in [-0.25, -0.2) is 0 Å². The maximum Gasteiger partial charge on any atom is 0.226 e. The predicted octanol–water partition coefficient (Wildman–Crippen LogP) is 1.55. The highest BCUT2D eigenvalue weighted by Crippen LogP contribution is 2.30. The molecule has 0 aliphatic heterocycles. The molecule has 0 aromatic heterocycles. The third-order valence-corrected chi connectivity index (χ3v) is 4.47. The van der Waals surface area contributed by atoms with E-state index >= 15 is 0 Å². The molecule has 0 radical (unpaired) electrons. The minimum atomic E-state index is 0.119. The Hall–Kier alpha value is -0.610. The normalized spacial score (nSPS) is 29.3. The molecule has 0 aromatic carbocycles. The van der Waals surface area contributed by atoms with Gasteiger partial charge in [0.1, 0.15) is 0 Å². The minimum Gasteiger partial charge on any atom is -0.339 e. The lowest BCUT2D eigenvalue weighted by Crippen LogP contribution is -2.50. The van der Waals surface area contributed by atoms with Gasteiger partial charge >= 0.3 is 0 Å². The lowest BCUT2D eigenvalue weighted by atomic mass is 9.76. The molecule has 1 saturated carbocycles. The van der Waals surface area contributed by atoms with Crippen molar-refractivity contribution in [2.75, 3.05) is 27.2 Å². The molecular weight excluding hydrogens is 238 g/mol. The topological polar surface area (TPSA) is 49.6 Å². The Kier molecular flexibility index (Phi) is 6.27. The lowest BCUT2D eigenvalue weighted by molar-refractivity contribution is -0.140. The van der Waals surface area contributed by atoms with E-state index in [1.807, 2.05) is 19.0 Å². The van der Waals surface area contributed by atoms with Crippen LogP contribution in [0.2, 0.25) is 0 Å². The maximum atomic E-state index is 12.8. The standard InChI is InChI=1S/C15H31N3O/c1-6-18(11(2)10-17(4)5)15(19)13-8-7-9-14(16)12(13)3/h11-14H,6-10,16H2,1-5H3. The summed E-state index contributed by atoms with van der Waals surface area (Å²) in [6, 6.07) is 0.448. The summed E-state index contributed by atoms with van der Waals surface area (Å²) in [5.41, 5.74) is 6.13. The Bertz CT molecular complexity index is 293. The van der Waals surface area contributed by atoms with Crippen LogP contribution in [0.25, 0.3) is 0 Å². The molecule has 112 valence electrons. The highest BCUT2D eigenvalue weighted by Gasteiger charge is 2.35. The number of carbonyl (C=O) groups excluding carboxylic acids is 1. The van der Waals surface area contributed by atoms with Gasteiger partial charge in [-0.05, 0) is 46.7 Å². The van der Waals surface area contributed by atoms with Crippen LogP contribution in [-0.4, -0.2) is 55.0 Å². The second-order valence-electron chi connectivity index (χ2n) is 6.30. The molecule has 2 N–H and O–H groups in total. The van der Waals surface area contributed by atoms with Gasteiger partial charge in [0.05, 0.1) is 0 Å². The molecule has 19 heavy (non-hydrogen) atoms. The molecule has 1 amide bonds. The van der Waals surface area contributed by atoms with Crippen LogP contribution in [-0.2, 0) is 4.79 Å². The quantitative estimate of drug-likeness (QED) is 0.824. The summed E-state index contributed by atoms with van der Waals surface area (Å²) in [6.07, 6.45) is 3.14. The summed E-state index contributed by atoms with van der Waals surface area (Å²) in [5.74, 6) is 0.731. The van der Waals surface area contributed by atoms with E-state index in [2.05, 4.69) is 25.7 Å². The summed E-state index contributed by atoms with van der Waals surface area (Å²) in [5, 5.41) is 0. The van der Waals surface area contributed by atoms with Crippen molar-refractivity contribution < 1.29 is 4.79 Å². The highest BCUT2D eigenvalue weighted by molar-refractivity contribution is 5.79. The van der Waals surface area contributed by atoms with E-state index in [0.717, 1.165) is 32.4 Å². The number of likely N-dealkylation sites (N-methyl/N-ethyl adjacent to an activating group) is 2. The molecule has 4 nitrogen and oxygen atoms in total. The van der Waals surface area contributed by atoms with Crippen LogP contribution >= 0.6 is 0 Å². The first-order chi connectivity index (χ1) is 8.88. The molecule has 4 atom stereocenters. The Morgan fingerprint density at radius 1 is 1.37 bits per heavy atom. The van der Waals surface area contributed by atoms with Gasteiger partial charge < -0.3 is 15.5 Å². The zero-order chi connectivity index (χ0) is 14.6. The van der Waals surface area contributed by atoms with Crippen molar-refractivity contribution in [3.05, 3.63) is 0 Å². The van der Waals surface area contributed by atoms with Crippen molar-refractivity contribution in [1.82, 2.24) is 9.80 Å². The maximum absolute atomic E-state index is 12.8. The second kappa shape index (κ2) is 7.25. The van der Waals surface area contributed by atoms with E-state index in [4.69, 9.17) is 5.73 Å². The number of hydrogen-bond donors (Lipinski definition) is 1. The van der Waals surface area contributed by atoms with Crippen LogP contribution in [0.3, 0.4) is 0 Å². The molecule has 0 heterocycles. The molecule has 1 aliphatic carbocycles. The van der Waals surface area contributed by atoms with E-state index in [-0.39, 0.29) is 18.0 Å². The molecule has 0 spiro atoms. The Balaban J connectivity index is 2.72. The van der Waals surface area contributed by atoms with Crippen LogP contribution < -0.4 is 5.73 Å². The fraction of sp³-hybridized carbons (Fsp3) is 0.933. The summed E-state index contributed by atoms with van der Waals surface area (Å²) in [4.78, 5) is 16.9. The van der Waals surface area contributed by atoms with Crippen molar-refractivity contribution in [2.24, 2.45) is 17.6 Å². The van der Waals surface area contributed by atoms with Crippen LogP contribution in [0.15, 0.2) is 0 Å². The number of hydrogen-bond acceptors (Lipinski definition) is 3. The highest BCUT2D eigenvalue weighted by atomic mass is 16.2. The fourth-order valence-electron chi connectivity index (χ4n) is 3.27. The molecule has 1 fully saturated rings. The summed E-state index contributed by atoms with van der Waals surface area (Å²) < 4.78 is 0. The van der Waals surface area contributed by atoms with Crippen LogP contribution in [0.5, 0.6) is 0 Å². The number of amides is 1. The SMILES string of the molecule is CCN(C(=O)C1CCCC(N)C1C)C(C)CN(C)C. The van der Waals surface area contributed by atoms with Gasteiger partial charge in [-0.2, -0.15) is 0 Å². The zero-order valence-corrected chi connectivity index (χ0v) is 13.2. The van der Waals surface area contributed by atoms with Gasteiger partial charge in [0.25, 0.3) is 0 Å². The molecule has 0 bridgehead atoms. The van der Waals surface area contributed by atoms with E-state index < -0.39 is 0 Å². The molecular formula is C15H31N3O. The molecule has 4 heteroatoms. The van der Waals surface area contributed by atoms with Crippen LogP contribution in [0.1, 0.15) is 40.0 Å². The molecule has 4 unspecified atom stereocenters. The summed E-state index contributed by atoms with van der Waals surface area (Å²) in [6.45, 7) is 8.03. The minimum absolute atomic E-state index is 0.119. The Labute approximate surface area is 118 Å². The first-order valence-corrected chi connectivity index (χ1v) is 7.59. The first-order valence-electron chi connectivity index (χ1n) is 7.59. The number of rotatable bonds is 5. The monoisotopic (exact) mass is 269 g/mol. The van der Waals surface area contributed by atoms with E-state index in [1.54, 1.807) is 0 Å². The lowest BCUT2D eigenvalue weighted by Gasteiger charge is -2.38. The third-order valence-electron chi connectivity index (χ3n) is 4.47. The van der Waals surface area contributed by atoms with Crippen LogP contribution in [0, 0.1) is 11.8 Å². The predicted molar refractivity (Wildman–Crippen MR) is 79.9 cm³/mol. The Morgan fingerprint density at radius 3 is 2.53 bits per heavy atom. The van der Waals surface area contributed by atoms with Gasteiger partial charge in [0, 0.05) is 31.1 Å². The molecule has 0 aromatic rings. The third kappa shape index (κ3) is 4.18. The van der Waals surface area contributed by atoms with Gasteiger partial charge in [-0.3, -0.25) is 4.79 Å². The second-order valence-corrected chi connectivity index (χ2v) is 6.30. The average Bonchev–Trinajstić information content (AvgIpc) is 2.32. The van der Waals surface area contributed by atoms with Crippen molar-refractivity contribution in [3.63, 3.8) is 0 Å². The number of carbonyl (C=O) groups is 1. The summed E-state index contributed by atoms with van der Waals surface area (Å²) >= 11 is 0. The molecule has 1 rings (SSSR count). The molecule has 0 saturated heterocycles. The molecule has 1 aliphatic rings. The summed E-state index contributed by atoms with van der Waals surface area (Å²) in [7, 11) is 4.10. The Morgan fingerprint density at radius 2 is 2.00 bits per heavy atom. The van der Waals surface area contributed by atoms with Gasteiger partial charge in [-0.15, -0.1) is 0 Å². The van der Waals surface area contributed by atoms with Crippen molar-refractivity contribution >= 4 is 5.91 Å². The van der Waals surface area contributed by atoms with Crippen molar-refractivity contribution in [3.8, 4) is 0 Å². The largest absolute Gasteiger partial charge is 0.339 e. The van der Waals surface area contributed by atoms with Gasteiger partial charge in [0.15, 0.2) is 0 Å². The fourth-order valence-corrected chi connectivity index (χ4v) is 3.27. The first kappa shape index (κ1) is 16.4. The van der Waals surface area contributed by atoms with E-state index in [0.29, 0.717) is 11.8 Å². The number of nitrogens with zero attached hydrogens (tertiary/aromatic N) is 2. The van der Waals surface area contributed by atoms with E-state index in [9.17, 15) is 4.79 Å². The number of nitrogens with two attached hydrogens (primary N) is 1. The van der Waals surface area contributed by atoms with Gasteiger partial charge in [0.2, 0.25) is 5.91 Å². The zero-order valence-electron chi connectivity index (χ0n) is 13.2. The smallest absolute Gasteiger partial charge is 0.226 e. The van der Waals surface area contributed by atoms with Crippen molar-refractivity contribution in [1.29, 1.82) is 0 Å².